The highest BCUT2D eigenvalue weighted by atomic mass is 16.6. The first-order valence-corrected chi connectivity index (χ1v) is 15.1. The van der Waals surface area contributed by atoms with Gasteiger partial charge in [-0.3, -0.25) is 14.2 Å². The highest BCUT2D eigenvalue weighted by Gasteiger charge is 2.48. The first kappa shape index (κ1) is 29.5. The van der Waals surface area contributed by atoms with Gasteiger partial charge in [-0.25, -0.2) is 19.7 Å². The smallest absolute Gasteiger partial charge is 0.409 e. The lowest BCUT2D eigenvalue weighted by atomic mass is 9.91. The number of aryl methyl sites for hydroxylation is 1. The monoisotopic (exact) mass is 600 g/mol. The van der Waals surface area contributed by atoms with Crippen molar-refractivity contribution in [1.29, 1.82) is 0 Å². The molecular formula is C28H40N8O7. The Morgan fingerprint density at radius 3 is 2.60 bits per heavy atom. The number of nitrogens with one attached hydrogen (secondary N) is 1. The molecular weight excluding hydrogens is 560 g/mol. The number of nitrogens with two attached hydrogens (primary N) is 1. The van der Waals surface area contributed by atoms with Crippen LogP contribution >= 0.6 is 0 Å². The number of rotatable bonds is 9. The largest absolute Gasteiger partial charge is 0.449 e. The standard InChI is InChI=1S/C28H40N8O7/c1-34-12-16(11-19(34)37)13-42-28(41)35-9-7-15(8-10-35)3-2-4-18-32-24(29)20-25(33-18)36(14-30-20)27-22(39)21(38)23(43-27)26(40)31-17-5-6-17/h14-17,21-23,27,38-39H,2-13H2,1H3,(H,31,40)(H2,29,32,33)/t16?,21?,22-,23-,27+/m0/s1. The number of anilines is 1. The summed E-state index contributed by atoms with van der Waals surface area (Å²) in [4.78, 5) is 53.5. The Morgan fingerprint density at radius 1 is 1.14 bits per heavy atom. The number of imidazole rings is 1. The molecule has 5 N–H and O–H groups in total. The molecule has 0 bridgehead atoms. The molecule has 0 aromatic carbocycles. The van der Waals surface area contributed by atoms with Crippen LogP contribution in [0.25, 0.3) is 11.2 Å². The number of hydrogen-bond donors (Lipinski definition) is 4. The maximum Gasteiger partial charge on any atom is 0.409 e. The van der Waals surface area contributed by atoms with Crippen LogP contribution in [0.3, 0.4) is 0 Å². The van der Waals surface area contributed by atoms with Gasteiger partial charge >= 0.3 is 6.09 Å². The number of carbonyl (C=O) groups is 3. The molecule has 3 amide bonds. The number of nitrogens with zero attached hydrogens (tertiary/aromatic N) is 6. The van der Waals surface area contributed by atoms with Gasteiger partial charge in [-0.1, -0.05) is 0 Å². The van der Waals surface area contributed by atoms with Crippen molar-refractivity contribution in [3.05, 3.63) is 12.2 Å². The molecule has 1 aliphatic carbocycles. The summed E-state index contributed by atoms with van der Waals surface area (Å²) in [7, 11) is 1.76. The van der Waals surface area contributed by atoms with Crippen LogP contribution in [0.4, 0.5) is 10.6 Å². The van der Waals surface area contributed by atoms with Gasteiger partial charge in [0.15, 0.2) is 23.8 Å². The van der Waals surface area contributed by atoms with Gasteiger partial charge < -0.3 is 40.5 Å². The second-order valence-corrected chi connectivity index (χ2v) is 12.3. The van der Waals surface area contributed by atoms with Crippen LogP contribution in [0, 0.1) is 11.8 Å². The molecule has 0 radical (unpaired) electrons. The topological polar surface area (TPSA) is 198 Å². The van der Waals surface area contributed by atoms with E-state index in [1.165, 1.54) is 10.9 Å². The molecule has 2 aromatic heterocycles. The maximum atomic E-state index is 12.5. The van der Waals surface area contributed by atoms with E-state index in [0.29, 0.717) is 55.4 Å². The van der Waals surface area contributed by atoms with Crippen LogP contribution in [-0.2, 0) is 25.5 Å². The van der Waals surface area contributed by atoms with Gasteiger partial charge in [0.05, 0.1) is 12.9 Å². The molecule has 2 unspecified atom stereocenters. The lowest BCUT2D eigenvalue weighted by molar-refractivity contribution is -0.137. The summed E-state index contributed by atoms with van der Waals surface area (Å²) in [5.41, 5.74) is 6.91. The van der Waals surface area contributed by atoms with E-state index >= 15 is 0 Å². The van der Waals surface area contributed by atoms with Crippen molar-refractivity contribution in [2.45, 2.75) is 81.9 Å². The van der Waals surface area contributed by atoms with Crippen LogP contribution in [0.15, 0.2) is 6.33 Å². The van der Waals surface area contributed by atoms with Crippen LogP contribution < -0.4 is 11.1 Å². The number of aliphatic hydroxyl groups excluding tert-OH is 2. The summed E-state index contributed by atoms with van der Waals surface area (Å²) < 4.78 is 12.8. The zero-order valence-corrected chi connectivity index (χ0v) is 24.3. The zero-order valence-electron chi connectivity index (χ0n) is 24.3. The van der Waals surface area contributed by atoms with Crippen LogP contribution in [0.5, 0.6) is 0 Å². The fourth-order valence-corrected chi connectivity index (χ4v) is 6.20. The van der Waals surface area contributed by atoms with E-state index in [1.54, 1.807) is 16.8 Å². The van der Waals surface area contributed by atoms with Gasteiger partial charge in [0.1, 0.15) is 23.5 Å². The Bertz CT molecular complexity index is 1360. The second kappa shape index (κ2) is 12.2. The number of aliphatic hydroxyl groups is 2. The number of piperidine rings is 1. The number of nitrogen functional groups attached to an aromatic ring is 1. The first-order valence-electron chi connectivity index (χ1n) is 15.1. The van der Waals surface area contributed by atoms with Crippen LogP contribution in [0.1, 0.15) is 57.0 Å². The molecule has 6 rings (SSSR count). The van der Waals surface area contributed by atoms with E-state index in [0.717, 1.165) is 38.5 Å². The third-order valence-electron chi connectivity index (χ3n) is 8.94. The molecule has 15 nitrogen and oxygen atoms in total. The summed E-state index contributed by atoms with van der Waals surface area (Å²) in [6.07, 6.45) is 2.40. The fourth-order valence-electron chi connectivity index (χ4n) is 6.20. The van der Waals surface area contributed by atoms with E-state index in [2.05, 4.69) is 20.3 Å². The van der Waals surface area contributed by atoms with Crippen molar-refractivity contribution < 1.29 is 34.1 Å². The molecule has 4 aliphatic rings. The fraction of sp³-hybridized carbons (Fsp3) is 0.714. The van der Waals surface area contributed by atoms with Crippen molar-refractivity contribution in [1.82, 2.24) is 34.6 Å². The van der Waals surface area contributed by atoms with E-state index in [-0.39, 0.29) is 36.4 Å². The summed E-state index contributed by atoms with van der Waals surface area (Å²) in [6, 6.07) is 0.0933. The lowest BCUT2D eigenvalue weighted by Gasteiger charge is -2.31. The third kappa shape index (κ3) is 6.38. The van der Waals surface area contributed by atoms with Crippen molar-refractivity contribution in [3.8, 4) is 0 Å². The Morgan fingerprint density at radius 2 is 1.91 bits per heavy atom. The molecule has 15 heteroatoms. The SMILES string of the molecule is CN1CC(COC(=O)N2CCC(CCCc3nc(N)c4ncn([C@@H]5O[C@H](C(=O)NC6CC6)C(O)[C@@H]5O)c4n3)CC2)CC1=O. The normalized spacial score (nSPS) is 28.2. The molecule has 1 saturated carbocycles. The first-order chi connectivity index (χ1) is 20.7. The van der Waals surface area contributed by atoms with Gasteiger partial charge in [-0.2, -0.15) is 0 Å². The number of aromatic nitrogens is 4. The number of ether oxygens (including phenoxy) is 2. The van der Waals surface area contributed by atoms with Gasteiger partial charge in [-0.15, -0.1) is 0 Å². The minimum absolute atomic E-state index is 0.0609. The minimum Gasteiger partial charge on any atom is -0.449 e. The van der Waals surface area contributed by atoms with Gasteiger partial charge in [0.2, 0.25) is 5.91 Å². The quantitative estimate of drug-likeness (QED) is 0.301. The predicted molar refractivity (Wildman–Crippen MR) is 151 cm³/mol. The van der Waals surface area contributed by atoms with E-state index in [9.17, 15) is 24.6 Å². The molecule has 43 heavy (non-hydrogen) atoms. The molecule has 3 saturated heterocycles. The minimum atomic E-state index is -1.40. The van der Waals surface area contributed by atoms with Crippen LogP contribution in [0.2, 0.25) is 0 Å². The number of hydrogen-bond acceptors (Lipinski definition) is 11. The summed E-state index contributed by atoms with van der Waals surface area (Å²) in [5, 5.41) is 24.0. The van der Waals surface area contributed by atoms with Crippen molar-refractivity contribution in [3.63, 3.8) is 0 Å². The molecule has 234 valence electrons. The third-order valence-corrected chi connectivity index (χ3v) is 8.94. The van der Waals surface area contributed by atoms with Gasteiger partial charge in [0, 0.05) is 51.5 Å². The highest BCUT2D eigenvalue weighted by molar-refractivity contribution is 5.83. The average Bonchev–Trinajstić information content (AvgIpc) is 3.49. The highest BCUT2D eigenvalue weighted by Crippen LogP contribution is 2.33. The molecule has 4 fully saturated rings. The predicted octanol–water partition coefficient (Wildman–Crippen LogP) is -0.0441. The molecule has 3 aliphatic heterocycles. The number of carbonyl (C=O) groups excluding carboxylic acids is 3. The maximum absolute atomic E-state index is 12.5. The molecule has 2 aromatic rings. The van der Waals surface area contributed by atoms with Gasteiger partial charge in [0.25, 0.3) is 5.91 Å². The molecule has 0 spiro atoms. The van der Waals surface area contributed by atoms with Crippen molar-refractivity contribution in [2.75, 3.05) is 39.0 Å². The molecule has 5 atom stereocenters. The van der Waals surface area contributed by atoms with Crippen molar-refractivity contribution in [2.24, 2.45) is 11.8 Å². The second-order valence-electron chi connectivity index (χ2n) is 12.3. The lowest BCUT2D eigenvalue weighted by Crippen LogP contribution is -2.43. The molecule has 5 heterocycles. The number of likely N-dealkylation sites (tertiary alicyclic amines) is 2. The summed E-state index contributed by atoms with van der Waals surface area (Å²) in [6.45, 7) is 2.16. The summed E-state index contributed by atoms with van der Waals surface area (Å²) >= 11 is 0. The Balaban J connectivity index is 0.995. The van der Waals surface area contributed by atoms with Gasteiger partial charge in [-0.05, 0) is 44.4 Å². The zero-order chi connectivity index (χ0) is 30.2. The number of fused-ring (bicyclic) bond motifs is 1. The average molecular weight is 601 g/mol. The Kier molecular flexibility index (Phi) is 8.38. The van der Waals surface area contributed by atoms with Crippen LogP contribution in [-0.4, -0.2) is 115 Å². The van der Waals surface area contributed by atoms with E-state index in [4.69, 9.17) is 15.2 Å². The van der Waals surface area contributed by atoms with Crippen molar-refractivity contribution >= 4 is 34.9 Å². The summed E-state index contributed by atoms with van der Waals surface area (Å²) in [5.74, 6) is 0.887. The Labute approximate surface area is 248 Å². The van der Waals surface area contributed by atoms with E-state index < -0.39 is 30.4 Å². The number of amides is 3. The van der Waals surface area contributed by atoms with E-state index in [1.807, 2.05) is 0 Å². The Hall–Kier alpha value is -3.56.